The second-order valence-corrected chi connectivity index (χ2v) is 8.13. The van der Waals surface area contributed by atoms with Gasteiger partial charge in [-0.3, -0.25) is 9.13 Å². The fraction of sp³-hybridized carbons (Fsp3) is 0.208. The summed E-state index contributed by atoms with van der Waals surface area (Å²) in [6.45, 7) is 1.24. The van der Waals surface area contributed by atoms with Gasteiger partial charge in [-0.05, 0) is 54.4 Å². The van der Waals surface area contributed by atoms with E-state index in [1.54, 1.807) is 36.4 Å². The number of nitrogens with one attached hydrogen (secondary N) is 1. The molecule has 1 aliphatic heterocycles. The minimum atomic E-state index is -4.59. The van der Waals surface area contributed by atoms with Crippen molar-refractivity contribution in [3.05, 3.63) is 82.4 Å². The number of pyridine rings is 1. The van der Waals surface area contributed by atoms with Crippen molar-refractivity contribution in [2.75, 3.05) is 13.1 Å². The molecular weight excluding hydrogens is 449 g/mol. The van der Waals surface area contributed by atoms with Crippen LogP contribution in [0.25, 0.3) is 28.0 Å². The maximum Gasteiger partial charge on any atom is 0.417 e. The Labute approximate surface area is 191 Å². The average Bonchev–Trinajstić information content (AvgIpc) is 3.43. The maximum absolute atomic E-state index is 13.4. The van der Waals surface area contributed by atoms with Gasteiger partial charge in [0.15, 0.2) is 5.65 Å². The summed E-state index contributed by atoms with van der Waals surface area (Å²) in [6, 6.07) is 13.9. The molecule has 10 heteroatoms. The largest absolute Gasteiger partial charge is 0.478 e. The van der Waals surface area contributed by atoms with Crippen molar-refractivity contribution in [1.82, 2.24) is 19.4 Å². The van der Waals surface area contributed by atoms with E-state index in [0.29, 0.717) is 25.2 Å². The number of nitrogens with zero attached hydrogens (tertiary/aromatic N) is 3. The van der Waals surface area contributed by atoms with Gasteiger partial charge >= 0.3 is 17.8 Å². The van der Waals surface area contributed by atoms with E-state index in [-0.39, 0.29) is 22.8 Å². The van der Waals surface area contributed by atoms with Gasteiger partial charge in [-0.25, -0.2) is 14.6 Å². The van der Waals surface area contributed by atoms with E-state index in [4.69, 9.17) is 5.11 Å². The van der Waals surface area contributed by atoms with Gasteiger partial charge in [-0.1, -0.05) is 24.3 Å². The molecule has 34 heavy (non-hydrogen) atoms. The minimum Gasteiger partial charge on any atom is -0.478 e. The summed E-state index contributed by atoms with van der Waals surface area (Å²) >= 11 is 0. The molecule has 5 rings (SSSR count). The molecule has 0 amide bonds. The number of carboxylic acids is 1. The lowest BCUT2D eigenvalue weighted by Gasteiger charge is -2.10. The van der Waals surface area contributed by atoms with Gasteiger partial charge in [0.2, 0.25) is 0 Å². The maximum atomic E-state index is 13.4. The number of aromatic carboxylic acids is 1. The third-order valence-corrected chi connectivity index (χ3v) is 6.03. The molecule has 7 nitrogen and oxygen atoms in total. The molecule has 1 aliphatic rings. The van der Waals surface area contributed by atoms with Crippen LogP contribution in [0.3, 0.4) is 0 Å². The smallest absolute Gasteiger partial charge is 0.417 e. The predicted octanol–water partition coefficient (Wildman–Crippen LogP) is 4.11. The first kappa shape index (κ1) is 21.9. The predicted molar refractivity (Wildman–Crippen MR) is 119 cm³/mol. The molecule has 0 aliphatic carbocycles. The van der Waals surface area contributed by atoms with Crippen LogP contribution in [-0.2, 0) is 6.18 Å². The number of alkyl halides is 3. The lowest BCUT2D eigenvalue weighted by Crippen LogP contribution is -2.28. The van der Waals surface area contributed by atoms with Gasteiger partial charge in [-0.2, -0.15) is 13.2 Å². The molecule has 4 aromatic rings. The van der Waals surface area contributed by atoms with E-state index in [0.717, 1.165) is 23.4 Å². The zero-order chi connectivity index (χ0) is 24.0. The van der Waals surface area contributed by atoms with Crippen LogP contribution >= 0.6 is 0 Å². The summed E-state index contributed by atoms with van der Waals surface area (Å²) in [4.78, 5) is 28.5. The summed E-state index contributed by atoms with van der Waals surface area (Å²) in [5.74, 6) is -1.03. The highest BCUT2D eigenvalue weighted by Crippen LogP contribution is 2.32. The van der Waals surface area contributed by atoms with Gasteiger partial charge in [-0.15, -0.1) is 0 Å². The zero-order valence-electron chi connectivity index (χ0n) is 17.7. The third kappa shape index (κ3) is 3.75. The molecule has 1 atom stereocenters. The first-order chi connectivity index (χ1) is 16.2. The van der Waals surface area contributed by atoms with Crippen LogP contribution in [0.2, 0.25) is 0 Å². The summed E-state index contributed by atoms with van der Waals surface area (Å²) in [5, 5.41) is 12.2. The summed E-state index contributed by atoms with van der Waals surface area (Å²) in [6.07, 6.45) is -3.16. The van der Waals surface area contributed by atoms with E-state index in [1.807, 2.05) is 0 Å². The van der Waals surface area contributed by atoms with Crippen LogP contribution in [0.1, 0.15) is 28.4 Å². The zero-order valence-corrected chi connectivity index (χ0v) is 17.7. The number of rotatable bonds is 4. The molecule has 3 heterocycles. The summed E-state index contributed by atoms with van der Waals surface area (Å²) in [7, 11) is 0. The molecule has 1 fully saturated rings. The molecule has 1 saturated heterocycles. The monoisotopic (exact) mass is 468 g/mol. The Morgan fingerprint density at radius 2 is 1.71 bits per heavy atom. The Morgan fingerprint density at radius 1 is 1.06 bits per heavy atom. The molecule has 174 valence electrons. The second-order valence-electron chi connectivity index (χ2n) is 8.13. The molecule has 0 saturated carbocycles. The van der Waals surface area contributed by atoms with Crippen molar-refractivity contribution in [3.8, 4) is 16.8 Å². The molecular formula is C24H19F3N4O3. The first-order valence-corrected chi connectivity index (χ1v) is 10.6. The van der Waals surface area contributed by atoms with Gasteiger partial charge in [0.1, 0.15) is 0 Å². The quantitative estimate of drug-likeness (QED) is 0.471. The van der Waals surface area contributed by atoms with Crippen LogP contribution in [0.4, 0.5) is 13.2 Å². The standard InChI is InChI=1S/C24H19F3N4O3/c25-24(26,27)17-11-20-21(29-12-17)31(19-9-10-28-13-19)23(34)30(20)18-7-5-15(6-8-18)14-1-3-16(4-2-14)22(32)33/h1-8,11-12,19,28H,9-10,13H2,(H,32,33). The molecule has 0 bridgehead atoms. The minimum absolute atomic E-state index is 0.0882. The summed E-state index contributed by atoms with van der Waals surface area (Å²) < 4.78 is 42.9. The Kier molecular flexibility index (Phi) is 5.24. The van der Waals surface area contributed by atoms with Crippen molar-refractivity contribution in [2.45, 2.75) is 18.6 Å². The molecule has 2 aromatic heterocycles. The van der Waals surface area contributed by atoms with Crippen molar-refractivity contribution in [3.63, 3.8) is 0 Å². The van der Waals surface area contributed by atoms with Crippen LogP contribution in [-0.4, -0.2) is 38.3 Å². The lowest BCUT2D eigenvalue weighted by molar-refractivity contribution is -0.137. The number of halogens is 3. The number of fused-ring (bicyclic) bond motifs is 1. The van der Waals surface area contributed by atoms with E-state index >= 15 is 0 Å². The van der Waals surface area contributed by atoms with Crippen LogP contribution in [0.5, 0.6) is 0 Å². The number of hydrogen-bond donors (Lipinski definition) is 2. The molecule has 0 radical (unpaired) electrons. The molecule has 2 aromatic carbocycles. The van der Waals surface area contributed by atoms with Crippen LogP contribution < -0.4 is 11.0 Å². The van der Waals surface area contributed by atoms with E-state index in [1.165, 1.54) is 21.3 Å². The second kappa shape index (κ2) is 8.14. The van der Waals surface area contributed by atoms with Crippen molar-refractivity contribution in [1.29, 1.82) is 0 Å². The SMILES string of the molecule is O=C(O)c1ccc(-c2ccc(-n3c(=O)n(C4CCNC4)c4ncc(C(F)(F)F)cc43)cc2)cc1. The number of carboxylic acid groups (broad SMARTS) is 1. The normalized spacial score (nSPS) is 16.3. The Hall–Kier alpha value is -3.92. The third-order valence-electron chi connectivity index (χ3n) is 6.03. The first-order valence-electron chi connectivity index (χ1n) is 10.6. The Morgan fingerprint density at radius 3 is 2.26 bits per heavy atom. The number of hydrogen-bond acceptors (Lipinski definition) is 4. The van der Waals surface area contributed by atoms with Crippen LogP contribution in [0.15, 0.2) is 65.6 Å². The van der Waals surface area contributed by atoms with Crippen molar-refractivity contribution >= 4 is 17.1 Å². The van der Waals surface area contributed by atoms with Gasteiger partial charge < -0.3 is 10.4 Å². The fourth-order valence-corrected chi connectivity index (χ4v) is 4.30. The fourth-order valence-electron chi connectivity index (χ4n) is 4.30. The number of benzene rings is 2. The molecule has 2 N–H and O–H groups in total. The van der Waals surface area contributed by atoms with E-state index < -0.39 is 23.4 Å². The van der Waals surface area contributed by atoms with E-state index in [9.17, 15) is 22.8 Å². The highest BCUT2D eigenvalue weighted by Gasteiger charge is 2.33. The number of imidazole rings is 1. The molecule has 0 spiro atoms. The Balaban J connectivity index is 1.63. The average molecular weight is 468 g/mol. The highest BCUT2D eigenvalue weighted by molar-refractivity contribution is 5.88. The van der Waals surface area contributed by atoms with Crippen LogP contribution in [0, 0.1) is 0 Å². The van der Waals surface area contributed by atoms with Gasteiger partial charge in [0.25, 0.3) is 0 Å². The highest BCUT2D eigenvalue weighted by atomic mass is 19.4. The number of aromatic nitrogens is 3. The van der Waals surface area contributed by atoms with E-state index in [2.05, 4.69) is 10.3 Å². The van der Waals surface area contributed by atoms with Crippen molar-refractivity contribution < 1.29 is 23.1 Å². The van der Waals surface area contributed by atoms with Crippen molar-refractivity contribution in [2.24, 2.45) is 0 Å². The lowest BCUT2D eigenvalue weighted by atomic mass is 10.0. The van der Waals surface area contributed by atoms with Gasteiger partial charge in [0.05, 0.1) is 28.4 Å². The Bertz CT molecular complexity index is 1430. The number of carbonyl (C=O) groups is 1. The topological polar surface area (TPSA) is 89.1 Å². The van der Waals surface area contributed by atoms with Gasteiger partial charge in [0, 0.05) is 12.7 Å². The summed E-state index contributed by atoms with van der Waals surface area (Å²) in [5.41, 5.74) is 1.03. The molecule has 1 unspecified atom stereocenters.